The SMILES string of the molecule is C.C.Cc1cc(Br)c2c(c1)C(=O)/C(=C1/C(=O)c3cc(Br)cc(Br)c3N1C(=O)c1cccc[n+]1C)N2C(=O)c1cccc[n+]1C.Cc1cc(Br)c2c(c1)C(=O)/C(=C1/C(=O)c3cc(Br)cc(Br)c3N1C(=O)c1cccc[n+]1C)N2C(=O)c1ccccn1.Cc1cc(Br)c2c(c1)C(=O)/C(=C1/C(=O)c3cc(Br)cc(Br)c3N1C(=O)c1cccc[n+]1C)N2C(=O)c1ccccn1.[CH3-]. The van der Waals surface area contributed by atoms with Gasteiger partial charge in [0, 0.05) is 118 Å². The van der Waals surface area contributed by atoms with Gasteiger partial charge in [-0.25, -0.2) is 0 Å². The molecule has 18 rings (SSSR count). The molecule has 636 valence electrons. The summed E-state index contributed by atoms with van der Waals surface area (Å²) in [5.74, 6) is -6.76. The molecule has 6 aliphatic heterocycles. The molecule has 0 bridgehead atoms. The Morgan fingerprint density at radius 1 is 0.268 bits per heavy atom. The second-order valence-corrected chi connectivity index (χ2v) is 36.8. The average molecular weight is 2280 g/mol. The normalized spacial score (nSPS) is 15.4. The molecule has 0 N–H and O–H groups in total. The summed E-state index contributed by atoms with van der Waals surface area (Å²) in [6.45, 7) is 5.49. The standard InChI is InChI=1S/C31H21Br3N4O4.2C30H18Br3N4O4.2CH4.CH3/c1-16-12-18-24(20(33)13-16)37(30(41)22-8-4-6-10-35(22)2)26(28(18)39)27-29(40)19-14-17(32)15-21(34)25(19)38(27)31(42)23-9-5-7-11-36(23)3;2*1-15-11-17-23(19(32)12-15)36(29(40)21-7-3-5-9-34-21)25(27(17)38)26-28(39)18-13-16(31)14-20(33)24(18)37(26)30(41)22-8-4-6-10-35(22)2;;;/h4-15H,1-3H3;2*3-14H,1-2H3;2*1H4;1H3/q+2;2*+1;;;-1/b27-26+;2*26-25+;;;. The molecule has 6 amide bonds. The molecule has 33 heteroatoms. The molecule has 6 aromatic carbocycles. The number of Topliss-reactive ketones (excluding diaryl/α,β-unsaturated/α-hetero) is 6. The molecule has 6 aliphatic rings. The lowest BCUT2D eigenvalue weighted by molar-refractivity contribution is -0.673. The Morgan fingerprint density at radius 2 is 0.465 bits per heavy atom. The van der Waals surface area contributed by atoms with Crippen molar-refractivity contribution in [3.63, 3.8) is 0 Å². The summed E-state index contributed by atoms with van der Waals surface area (Å²) < 4.78 is 11.2. The second kappa shape index (κ2) is 36.8. The molecule has 0 unspecified atom stereocenters. The van der Waals surface area contributed by atoms with Crippen molar-refractivity contribution in [2.24, 2.45) is 28.2 Å². The van der Waals surface area contributed by atoms with Crippen molar-refractivity contribution in [1.82, 2.24) is 9.97 Å². The van der Waals surface area contributed by atoms with E-state index in [0.29, 0.717) is 45.9 Å². The van der Waals surface area contributed by atoms with Gasteiger partial charge in [-0.2, -0.15) is 18.3 Å². The number of halogens is 9. The first kappa shape index (κ1) is 93.2. The van der Waals surface area contributed by atoms with Gasteiger partial charge in [-0.3, -0.25) is 96.9 Å². The molecule has 0 spiro atoms. The van der Waals surface area contributed by atoms with Crippen molar-refractivity contribution in [2.75, 3.05) is 29.4 Å². The molecule has 0 saturated carbocycles. The number of amides is 6. The summed E-state index contributed by atoms with van der Waals surface area (Å²) in [5.41, 5.74) is 5.30. The highest BCUT2D eigenvalue weighted by Crippen LogP contribution is 2.54. The predicted molar refractivity (Wildman–Crippen MR) is 509 cm³/mol. The van der Waals surface area contributed by atoms with Gasteiger partial charge in [0.25, 0.3) is 34.6 Å². The summed E-state index contributed by atoms with van der Waals surface area (Å²) in [5, 5.41) is 0. The van der Waals surface area contributed by atoms with Gasteiger partial charge in [0.2, 0.25) is 34.7 Å². The maximum atomic E-state index is 14.3. The van der Waals surface area contributed by atoms with Gasteiger partial charge in [0.1, 0.15) is 73.8 Å². The van der Waals surface area contributed by atoms with E-state index in [1.165, 1.54) is 53.9 Å². The monoisotopic (exact) mass is 2270 g/mol. The smallest absolute Gasteiger partial charge is 0.327 e. The van der Waals surface area contributed by atoms with E-state index in [1.807, 2.05) is 20.8 Å². The zero-order valence-corrected chi connectivity index (χ0v) is 80.7. The number of fused-ring (bicyclic) bond motifs is 6. The fourth-order valence-electron chi connectivity index (χ4n) is 15.5. The topological polar surface area (TPSA) is 266 Å². The fraction of sp³-hybridized carbons (Fsp3) is 0.0957. The van der Waals surface area contributed by atoms with E-state index >= 15 is 0 Å². The Balaban J connectivity index is 0.000000161. The minimum absolute atomic E-state index is 0. The van der Waals surface area contributed by atoms with E-state index in [9.17, 15) is 57.5 Å². The number of benzene rings is 6. The molecular weight excluding hydrogens is 2210 g/mol. The van der Waals surface area contributed by atoms with Gasteiger partial charge in [-0.15, -0.1) is 0 Å². The summed E-state index contributed by atoms with van der Waals surface area (Å²) >= 11 is 31.5. The fourth-order valence-corrected chi connectivity index (χ4v) is 22.0. The summed E-state index contributed by atoms with van der Waals surface area (Å²) in [4.78, 5) is 187. The van der Waals surface area contributed by atoms with Crippen LogP contribution >= 0.6 is 143 Å². The van der Waals surface area contributed by atoms with E-state index in [2.05, 4.69) is 153 Å². The molecule has 12 aromatic rings. The van der Waals surface area contributed by atoms with Gasteiger partial charge >= 0.3 is 23.6 Å². The van der Waals surface area contributed by atoms with Crippen molar-refractivity contribution in [1.29, 1.82) is 0 Å². The van der Waals surface area contributed by atoms with Crippen LogP contribution in [0.15, 0.2) is 294 Å². The first-order valence-corrected chi connectivity index (χ1v) is 44.4. The number of aryl methyl sites for hydroxylation is 7. The van der Waals surface area contributed by atoms with E-state index in [4.69, 9.17) is 0 Å². The van der Waals surface area contributed by atoms with Crippen LogP contribution < -0.4 is 47.7 Å². The van der Waals surface area contributed by atoms with Crippen LogP contribution in [0.1, 0.15) is 157 Å². The quantitative estimate of drug-likeness (QED) is 0.0851. The van der Waals surface area contributed by atoms with Crippen molar-refractivity contribution >= 4 is 248 Å². The zero-order valence-electron chi connectivity index (χ0n) is 66.5. The summed E-state index contributed by atoms with van der Waals surface area (Å²) in [6.07, 6.45) is 9.81. The van der Waals surface area contributed by atoms with E-state index in [1.54, 1.807) is 241 Å². The maximum absolute atomic E-state index is 14.3. The largest absolute Gasteiger partial charge is 0.358 e. The van der Waals surface area contributed by atoms with E-state index in [0.717, 1.165) is 16.7 Å². The minimum Gasteiger partial charge on any atom is -0.358 e. The molecule has 127 heavy (non-hydrogen) atoms. The Labute approximate surface area is 804 Å². The van der Waals surface area contributed by atoms with Crippen LogP contribution in [0.2, 0.25) is 0 Å². The third-order valence-electron chi connectivity index (χ3n) is 20.9. The number of rotatable bonds is 6. The average Bonchev–Trinajstić information content (AvgIpc) is 1.56. The van der Waals surface area contributed by atoms with Gasteiger partial charge < -0.3 is 7.43 Å². The van der Waals surface area contributed by atoms with Gasteiger partial charge in [0.05, 0.1) is 50.8 Å². The molecule has 24 nitrogen and oxygen atoms in total. The number of nitrogens with zero attached hydrogens (tertiary/aromatic N) is 12. The highest BCUT2D eigenvalue weighted by atomic mass is 79.9. The molecule has 12 heterocycles. The number of aromatic nitrogens is 6. The number of hydrogen-bond donors (Lipinski definition) is 0. The minimum atomic E-state index is -0.619. The van der Waals surface area contributed by atoms with Crippen LogP contribution in [0.25, 0.3) is 0 Å². The van der Waals surface area contributed by atoms with Crippen LogP contribution in [0, 0.1) is 28.2 Å². The van der Waals surface area contributed by atoms with Crippen LogP contribution in [0.4, 0.5) is 34.1 Å². The van der Waals surface area contributed by atoms with Crippen molar-refractivity contribution < 1.29 is 75.8 Å². The number of hydrogen-bond acceptors (Lipinski definition) is 14. The van der Waals surface area contributed by atoms with Crippen LogP contribution in [0.3, 0.4) is 0 Å². The van der Waals surface area contributed by atoms with E-state index in [-0.39, 0.29) is 152 Å². The van der Waals surface area contributed by atoms with Crippen LogP contribution in [-0.2, 0) is 28.2 Å². The molecule has 0 fully saturated rings. The predicted octanol–water partition coefficient (Wildman–Crippen LogP) is 19.5. The highest BCUT2D eigenvalue weighted by Gasteiger charge is 2.55. The van der Waals surface area contributed by atoms with Crippen molar-refractivity contribution in [2.45, 2.75) is 35.6 Å². The first-order chi connectivity index (χ1) is 59.2. The van der Waals surface area contributed by atoms with Crippen LogP contribution in [0.5, 0.6) is 0 Å². The molecule has 6 aromatic heterocycles. The Bertz CT molecular complexity index is 6630. The number of ketones is 6. The van der Waals surface area contributed by atoms with Gasteiger partial charge in [0.15, 0.2) is 24.8 Å². The lowest BCUT2D eigenvalue weighted by atomic mass is 10.1. The van der Waals surface area contributed by atoms with E-state index < -0.39 is 70.1 Å². The third-order valence-corrected chi connectivity index (χ3v) is 25.9. The van der Waals surface area contributed by atoms with Crippen molar-refractivity contribution in [3.05, 3.63) is 385 Å². The molecule has 0 atom stereocenters. The molecular formula is C94H68Br9N12O12+3. The third kappa shape index (κ3) is 16.1. The second-order valence-electron chi connectivity index (χ2n) is 28.9. The van der Waals surface area contributed by atoms with Crippen LogP contribution in [-0.4, -0.2) is 80.1 Å². The summed E-state index contributed by atoms with van der Waals surface area (Å²) in [7, 11) is 6.86. The van der Waals surface area contributed by atoms with Gasteiger partial charge in [-0.05, 0) is 254 Å². The zero-order chi connectivity index (χ0) is 88.4. The number of carbonyl (C=O) groups excluding carboxylic acids is 12. The first-order valence-electron chi connectivity index (χ1n) is 37.3. The number of allylic oxidation sites excluding steroid dienone is 6. The molecule has 0 saturated heterocycles. The summed E-state index contributed by atoms with van der Waals surface area (Å²) in [6, 6.07) is 50.6. The molecule has 0 aliphatic carbocycles. The lowest BCUT2D eigenvalue weighted by Gasteiger charge is -2.24. The number of anilines is 6. The maximum Gasteiger partial charge on any atom is 0.327 e. The molecule has 0 radical (unpaired) electrons. The highest BCUT2D eigenvalue weighted by molar-refractivity contribution is 9.12. The Hall–Kier alpha value is -11.4. The Morgan fingerprint density at radius 3 is 0.669 bits per heavy atom. The number of carbonyl (C=O) groups is 12. The lowest BCUT2D eigenvalue weighted by Crippen LogP contribution is -2.45. The Kier molecular flexibility index (Phi) is 27.0. The van der Waals surface area contributed by atoms with Gasteiger partial charge in [-0.1, -0.05) is 74.8 Å². The van der Waals surface area contributed by atoms with Crippen molar-refractivity contribution in [3.8, 4) is 0 Å². The number of pyridine rings is 6.